The SMILES string of the molecule is Cc1cc(C)c(NC(=O)c2ccc(SC(F)(F)F)cc2)c(C)n1. The van der Waals surface area contributed by atoms with E-state index in [0.717, 1.165) is 11.3 Å². The van der Waals surface area contributed by atoms with Crippen LogP contribution in [0.2, 0.25) is 0 Å². The Bertz CT molecular complexity index is 704. The van der Waals surface area contributed by atoms with E-state index in [9.17, 15) is 18.0 Å². The van der Waals surface area contributed by atoms with Gasteiger partial charge in [-0.05, 0) is 68.4 Å². The minimum Gasteiger partial charge on any atom is -0.320 e. The zero-order valence-corrected chi connectivity index (χ0v) is 13.6. The highest BCUT2D eigenvalue weighted by atomic mass is 32.2. The standard InChI is InChI=1S/C16H15F3N2OS/c1-9-8-10(2)20-11(3)14(9)21-15(22)12-4-6-13(7-5-12)23-16(17,18)19/h4-8H,1-3H3,(H,21,22). The van der Waals surface area contributed by atoms with Crippen LogP contribution in [0.5, 0.6) is 0 Å². The summed E-state index contributed by atoms with van der Waals surface area (Å²) in [6.45, 7) is 5.52. The molecule has 0 spiro atoms. The van der Waals surface area contributed by atoms with Crippen LogP contribution in [0.1, 0.15) is 27.3 Å². The van der Waals surface area contributed by atoms with Crippen LogP contribution < -0.4 is 5.32 Å². The number of pyridine rings is 1. The molecule has 2 aromatic rings. The van der Waals surface area contributed by atoms with Gasteiger partial charge in [-0.3, -0.25) is 9.78 Å². The van der Waals surface area contributed by atoms with Crippen molar-refractivity contribution in [1.29, 1.82) is 0 Å². The summed E-state index contributed by atoms with van der Waals surface area (Å²) in [5, 5.41) is 2.76. The number of rotatable bonds is 3. The van der Waals surface area contributed by atoms with Crippen LogP contribution in [0.3, 0.4) is 0 Å². The summed E-state index contributed by atoms with van der Waals surface area (Å²) < 4.78 is 36.9. The molecule has 0 unspecified atom stereocenters. The second-order valence-electron chi connectivity index (χ2n) is 5.07. The van der Waals surface area contributed by atoms with Gasteiger partial charge >= 0.3 is 5.51 Å². The minimum absolute atomic E-state index is 0.0402. The quantitative estimate of drug-likeness (QED) is 0.811. The monoisotopic (exact) mass is 340 g/mol. The summed E-state index contributed by atoms with van der Waals surface area (Å²) >= 11 is -0.210. The highest BCUT2D eigenvalue weighted by Crippen LogP contribution is 2.36. The third kappa shape index (κ3) is 4.72. The van der Waals surface area contributed by atoms with Crippen molar-refractivity contribution in [2.24, 2.45) is 0 Å². The van der Waals surface area contributed by atoms with Gasteiger partial charge in [0, 0.05) is 16.2 Å². The molecule has 0 saturated carbocycles. The largest absolute Gasteiger partial charge is 0.446 e. The smallest absolute Gasteiger partial charge is 0.320 e. The molecule has 1 N–H and O–H groups in total. The zero-order valence-electron chi connectivity index (χ0n) is 12.8. The number of halogens is 3. The van der Waals surface area contributed by atoms with E-state index in [1.807, 2.05) is 19.9 Å². The number of amides is 1. The lowest BCUT2D eigenvalue weighted by Gasteiger charge is -2.12. The maximum atomic E-state index is 12.3. The first kappa shape index (κ1) is 17.3. The molecule has 1 aromatic heterocycles. The summed E-state index contributed by atoms with van der Waals surface area (Å²) in [5.41, 5.74) is -1.00. The topological polar surface area (TPSA) is 42.0 Å². The van der Waals surface area contributed by atoms with E-state index in [-0.39, 0.29) is 28.1 Å². The first-order valence-electron chi connectivity index (χ1n) is 6.78. The van der Waals surface area contributed by atoms with Gasteiger partial charge in [-0.25, -0.2) is 0 Å². The average Bonchev–Trinajstić information content (AvgIpc) is 2.41. The number of nitrogens with one attached hydrogen (secondary N) is 1. The maximum absolute atomic E-state index is 12.3. The average molecular weight is 340 g/mol. The second-order valence-corrected chi connectivity index (χ2v) is 6.21. The van der Waals surface area contributed by atoms with E-state index >= 15 is 0 Å². The number of aryl methyl sites for hydroxylation is 3. The number of carbonyl (C=O) groups is 1. The number of thioether (sulfide) groups is 1. The van der Waals surface area contributed by atoms with Crippen LogP contribution in [0.4, 0.5) is 18.9 Å². The molecule has 1 heterocycles. The Morgan fingerprint density at radius 3 is 2.26 bits per heavy atom. The fourth-order valence-electron chi connectivity index (χ4n) is 2.21. The Labute approximate surface area is 136 Å². The van der Waals surface area contributed by atoms with E-state index < -0.39 is 5.51 Å². The predicted molar refractivity (Wildman–Crippen MR) is 84.8 cm³/mol. The van der Waals surface area contributed by atoms with Crippen LogP contribution in [0.25, 0.3) is 0 Å². The van der Waals surface area contributed by atoms with Crippen molar-refractivity contribution in [2.75, 3.05) is 5.32 Å². The number of hydrogen-bond donors (Lipinski definition) is 1. The van der Waals surface area contributed by atoms with E-state index in [1.165, 1.54) is 24.3 Å². The molecule has 0 fully saturated rings. The van der Waals surface area contributed by atoms with Gasteiger partial charge < -0.3 is 5.32 Å². The maximum Gasteiger partial charge on any atom is 0.446 e. The van der Waals surface area contributed by atoms with Crippen molar-refractivity contribution in [2.45, 2.75) is 31.2 Å². The molecule has 0 bridgehead atoms. The normalized spacial score (nSPS) is 11.4. The van der Waals surface area contributed by atoms with Gasteiger partial charge in [0.25, 0.3) is 5.91 Å². The number of aromatic nitrogens is 1. The van der Waals surface area contributed by atoms with Crippen LogP contribution in [0.15, 0.2) is 35.2 Å². The van der Waals surface area contributed by atoms with Crippen molar-refractivity contribution in [3.8, 4) is 0 Å². The number of nitrogens with zero attached hydrogens (tertiary/aromatic N) is 1. The Morgan fingerprint density at radius 2 is 1.74 bits per heavy atom. The summed E-state index contributed by atoms with van der Waals surface area (Å²) in [7, 11) is 0. The van der Waals surface area contributed by atoms with Crippen molar-refractivity contribution in [1.82, 2.24) is 4.98 Å². The van der Waals surface area contributed by atoms with Gasteiger partial charge in [-0.1, -0.05) is 0 Å². The second kappa shape index (κ2) is 6.62. The molecule has 0 aliphatic carbocycles. The molecule has 2 rings (SSSR count). The summed E-state index contributed by atoms with van der Waals surface area (Å²) in [5.74, 6) is -0.384. The van der Waals surface area contributed by atoms with Gasteiger partial charge in [-0.2, -0.15) is 13.2 Å². The first-order chi connectivity index (χ1) is 10.7. The van der Waals surface area contributed by atoms with Gasteiger partial charge in [0.1, 0.15) is 0 Å². The molecule has 7 heteroatoms. The lowest BCUT2D eigenvalue weighted by atomic mass is 10.1. The number of anilines is 1. The third-order valence-electron chi connectivity index (χ3n) is 3.11. The molecule has 3 nitrogen and oxygen atoms in total. The Balaban J connectivity index is 2.16. The summed E-state index contributed by atoms with van der Waals surface area (Å²) in [4.78, 5) is 16.6. The van der Waals surface area contributed by atoms with Crippen molar-refractivity contribution in [3.05, 3.63) is 52.8 Å². The van der Waals surface area contributed by atoms with Gasteiger partial charge in [0.05, 0.1) is 11.4 Å². The van der Waals surface area contributed by atoms with E-state index in [0.29, 0.717) is 11.4 Å². The Kier molecular flexibility index (Phi) is 4.99. The molecule has 1 aromatic carbocycles. The summed E-state index contributed by atoms with van der Waals surface area (Å²) in [6, 6.07) is 7.15. The van der Waals surface area contributed by atoms with Crippen molar-refractivity contribution >= 4 is 23.4 Å². The number of alkyl halides is 3. The number of benzene rings is 1. The van der Waals surface area contributed by atoms with Gasteiger partial charge in [-0.15, -0.1) is 0 Å². The lowest BCUT2D eigenvalue weighted by molar-refractivity contribution is -0.0328. The molecule has 0 aliphatic heterocycles. The molecule has 23 heavy (non-hydrogen) atoms. The molecule has 0 aliphatic rings. The van der Waals surface area contributed by atoms with Gasteiger partial charge in [0.2, 0.25) is 0 Å². The van der Waals surface area contributed by atoms with E-state index in [4.69, 9.17) is 0 Å². The summed E-state index contributed by atoms with van der Waals surface area (Å²) in [6.07, 6.45) is 0. The van der Waals surface area contributed by atoms with E-state index in [2.05, 4.69) is 10.3 Å². The fourth-order valence-corrected chi connectivity index (χ4v) is 2.75. The van der Waals surface area contributed by atoms with Crippen LogP contribution in [-0.4, -0.2) is 16.4 Å². The molecule has 0 saturated heterocycles. The predicted octanol–water partition coefficient (Wildman–Crippen LogP) is 4.87. The molecular weight excluding hydrogens is 325 g/mol. The first-order valence-corrected chi connectivity index (χ1v) is 7.59. The van der Waals surface area contributed by atoms with Gasteiger partial charge in [0.15, 0.2) is 0 Å². The van der Waals surface area contributed by atoms with Crippen LogP contribution in [-0.2, 0) is 0 Å². The molecule has 122 valence electrons. The Morgan fingerprint density at radius 1 is 1.13 bits per heavy atom. The van der Waals surface area contributed by atoms with Crippen molar-refractivity contribution in [3.63, 3.8) is 0 Å². The van der Waals surface area contributed by atoms with Crippen LogP contribution in [0, 0.1) is 20.8 Å². The molecular formula is C16H15F3N2OS. The molecule has 0 radical (unpaired) electrons. The Hall–Kier alpha value is -2.02. The minimum atomic E-state index is -4.34. The fraction of sp³-hybridized carbons (Fsp3) is 0.250. The number of hydrogen-bond acceptors (Lipinski definition) is 3. The highest BCUT2D eigenvalue weighted by molar-refractivity contribution is 8.00. The zero-order chi connectivity index (χ0) is 17.2. The molecule has 0 atom stereocenters. The third-order valence-corrected chi connectivity index (χ3v) is 3.85. The number of carbonyl (C=O) groups excluding carboxylic acids is 1. The van der Waals surface area contributed by atoms with Crippen LogP contribution >= 0.6 is 11.8 Å². The molecule has 1 amide bonds. The highest BCUT2D eigenvalue weighted by Gasteiger charge is 2.29. The van der Waals surface area contributed by atoms with Crippen molar-refractivity contribution < 1.29 is 18.0 Å². The lowest BCUT2D eigenvalue weighted by Crippen LogP contribution is -2.14. The van der Waals surface area contributed by atoms with E-state index in [1.54, 1.807) is 6.92 Å².